The van der Waals surface area contributed by atoms with Crippen LogP contribution in [0.3, 0.4) is 0 Å². The lowest BCUT2D eigenvalue weighted by Crippen LogP contribution is -2.04. The molecular formula is C14H16ClNO. The van der Waals surface area contributed by atoms with E-state index in [4.69, 9.17) is 16.3 Å². The predicted octanol–water partition coefficient (Wildman–Crippen LogP) is 4.23. The highest BCUT2D eigenvalue weighted by molar-refractivity contribution is 6.29. The zero-order chi connectivity index (χ0) is 12.4. The molecule has 0 N–H and O–H groups in total. The van der Waals surface area contributed by atoms with Gasteiger partial charge in [-0.2, -0.15) is 0 Å². The highest BCUT2D eigenvalue weighted by Gasteiger charge is 2.04. The summed E-state index contributed by atoms with van der Waals surface area (Å²) in [6.45, 7) is 7.02. The lowest BCUT2D eigenvalue weighted by molar-refractivity contribution is 0.271. The number of ether oxygens (including phenoxy) is 1. The van der Waals surface area contributed by atoms with Crippen LogP contribution in [-0.2, 0) is 0 Å². The molecule has 0 aliphatic heterocycles. The Morgan fingerprint density at radius 1 is 1.29 bits per heavy atom. The second-order valence-corrected chi connectivity index (χ2v) is 5.03. The quantitative estimate of drug-likeness (QED) is 0.760. The van der Waals surface area contributed by atoms with Gasteiger partial charge >= 0.3 is 0 Å². The molecule has 2 aromatic rings. The zero-order valence-electron chi connectivity index (χ0n) is 10.3. The van der Waals surface area contributed by atoms with Crippen molar-refractivity contribution >= 4 is 22.5 Å². The number of aromatic nitrogens is 1. The lowest BCUT2D eigenvalue weighted by Gasteiger charge is -2.10. The van der Waals surface area contributed by atoms with Gasteiger partial charge in [0.1, 0.15) is 10.9 Å². The number of halogens is 1. The van der Waals surface area contributed by atoms with Crippen LogP contribution in [0.2, 0.25) is 5.15 Å². The zero-order valence-corrected chi connectivity index (χ0v) is 11.1. The Morgan fingerprint density at radius 3 is 2.76 bits per heavy atom. The predicted molar refractivity (Wildman–Crippen MR) is 71.8 cm³/mol. The fraction of sp³-hybridized carbons (Fsp3) is 0.357. The minimum absolute atomic E-state index is 0.523. The topological polar surface area (TPSA) is 22.1 Å². The molecule has 0 aliphatic carbocycles. The van der Waals surface area contributed by atoms with Crippen LogP contribution in [0.4, 0.5) is 0 Å². The fourth-order valence-corrected chi connectivity index (χ4v) is 1.94. The van der Waals surface area contributed by atoms with Crippen LogP contribution in [-0.4, -0.2) is 11.6 Å². The van der Waals surface area contributed by atoms with Gasteiger partial charge in [-0.25, -0.2) is 4.98 Å². The number of hydrogen-bond donors (Lipinski definition) is 0. The minimum atomic E-state index is 0.523. The first kappa shape index (κ1) is 12.2. The molecule has 17 heavy (non-hydrogen) atoms. The second kappa shape index (κ2) is 4.92. The second-order valence-electron chi connectivity index (χ2n) is 4.65. The van der Waals surface area contributed by atoms with E-state index in [1.54, 1.807) is 0 Å². The molecule has 0 spiro atoms. The third kappa shape index (κ3) is 2.89. The van der Waals surface area contributed by atoms with E-state index in [0.717, 1.165) is 28.8 Å². The molecule has 1 aromatic heterocycles. The van der Waals surface area contributed by atoms with Crippen molar-refractivity contribution < 1.29 is 4.74 Å². The van der Waals surface area contributed by atoms with Crippen LogP contribution in [0.1, 0.15) is 19.4 Å². The normalized spacial score (nSPS) is 11.1. The number of benzene rings is 1. The Hall–Kier alpha value is -1.28. The van der Waals surface area contributed by atoms with E-state index in [9.17, 15) is 0 Å². The van der Waals surface area contributed by atoms with Gasteiger partial charge in [-0.15, -0.1) is 0 Å². The summed E-state index contributed by atoms with van der Waals surface area (Å²) >= 11 is 5.92. The van der Waals surface area contributed by atoms with Crippen LogP contribution in [0, 0.1) is 12.8 Å². The summed E-state index contributed by atoms with van der Waals surface area (Å²) in [6.07, 6.45) is 0. The van der Waals surface area contributed by atoms with Crippen LogP contribution < -0.4 is 4.74 Å². The maximum atomic E-state index is 5.92. The first-order valence-electron chi connectivity index (χ1n) is 5.76. The number of rotatable bonds is 3. The highest BCUT2D eigenvalue weighted by atomic mass is 35.5. The molecule has 0 fully saturated rings. The van der Waals surface area contributed by atoms with Gasteiger partial charge in [-0.3, -0.25) is 0 Å². The Balaban J connectivity index is 2.36. The van der Waals surface area contributed by atoms with Gasteiger partial charge in [0.25, 0.3) is 0 Å². The molecule has 0 amide bonds. The van der Waals surface area contributed by atoms with Gasteiger partial charge in [-0.05, 0) is 42.7 Å². The Kier molecular flexibility index (Phi) is 3.53. The third-order valence-corrected chi connectivity index (χ3v) is 2.73. The molecule has 90 valence electrons. The number of nitrogens with zero attached hydrogens (tertiary/aromatic N) is 1. The van der Waals surface area contributed by atoms with Crippen LogP contribution >= 0.6 is 11.6 Å². The van der Waals surface area contributed by atoms with Crippen molar-refractivity contribution in [3.8, 4) is 5.75 Å². The van der Waals surface area contributed by atoms with Crippen molar-refractivity contribution in [2.45, 2.75) is 20.8 Å². The summed E-state index contributed by atoms with van der Waals surface area (Å²) in [5, 5.41) is 1.63. The van der Waals surface area contributed by atoms with Crippen LogP contribution in [0.25, 0.3) is 10.9 Å². The van der Waals surface area contributed by atoms with Crippen LogP contribution in [0.15, 0.2) is 24.3 Å². The van der Waals surface area contributed by atoms with Crippen molar-refractivity contribution in [1.82, 2.24) is 4.98 Å². The Morgan fingerprint density at radius 2 is 2.06 bits per heavy atom. The van der Waals surface area contributed by atoms with E-state index in [0.29, 0.717) is 11.1 Å². The van der Waals surface area contributed by atoms with Crippen molar-refractivity contribution in [3.63, 3.8) is 0 Å². The summed E-state index contributed by atoms with van der Waals surface area (Å²) in [5.41, 5.74) is 2.03. The number of aryl methyl sites for hydroxylation is 1. The standard InChI is InChI=1S/C14H16ClNO/c1-9(2)8-17-11-4-5-13-12(7-11)10(3)6-14(15)16-13/h4-7,9H,8H2,1-3H3. The smallest absolute Gasteiger partial charge is 0.130 e. The molecule has 0 saturated heterocycles. The van der Waals surface area contributed by atoms with Gasteiger partial charge in [0.15, 0.2) is 0 Å². The summed E-state index contributed by atoms with van der Waals surface area (Å²) in [7, 11) is 0. The first-order chi connectivity index (χ1) is 8.06. The lowest BCUT2D eigenvalue weighted by atomic mass is 10.1. The van der Waals surface area contributed by atoms with E-state index in [1.165, 1.54) is 0 Å². The SMILES string of the molecule is Cc1cc(Cl)nc2ccc(OCC(C)C)cc12. The molecular weight excluding hydrogens is 234 g/mol. The molecule has 1 heterocycles. The highest BCUT2D eigenvalue weighted by Crippen LogP contribution is 2.24. The third-order valence-electron chi connectivity index (χ3n) is 2.54. The summed E-state index contributed by atoms with van der Waals surface area (Å²) in [5.74, 6) is 1.41. The van der Waals surface area contributed by atoms with Gasteiger partial charge in [-0.1, -0.05) is 25.4 Å². The van der Waals surface area contributed by atoms with Crippen molar-refractivity contribution in [2.24, 2.45) is 5.92 Å². The molecule has 0 atom stereocenters. The maximum Gasteiger partial charge on any atom is 0.130 e. The van der Waals surface area contributed by atoms with Crippen molar-refractivity contribution in [3.05, 3.63) is 35.0 Å². The van der Waals surface area contributed by atoms with E-state index in [1.807, 2.05) is 31.2 Å². The molecule has 2 nitrogen and oxygen atoms in total. The molecule has 0 bridgehead atoms. The summed E-state index contributed by atoms with van der Waals surface area (Å²) in [6, 6.07) is 7.78. The average molecular weight is 250 g/mol. The van der Waals surface area contributed by atoms with E-state index < -0.39 is 0 Å². The average Bonchev–Trinajstić information content (AvgIpc) is 2.26. The Bertz CT molecular complexity index is 537. The minimum Gasteiger partial charge on any atom is -0.493 e. The largest absolute Gasteiger partial charge is 0.493 e. The molecule has 0 saturated carbocycles. The fourth-order valence-electron chi connectivity index (χ4n) is 1.68. The molecule has 0 unspecified atom stereocenters. The monoisotopic (exact) mass is 249 g/mol. The first-order valence-corrected chi connectivity index (χ1v) is 6.14. The van der Waals surface area contributed by atoms with Gasteiger partial charge in [0.2, 0.25) is 0 Å². The summed E-state index contributed by atoms with van der Waals surface area (Å²) < 4.78 is 5.70. The molecule has 0 aliphatic rings. The summed E-state index contributed by atoms with van der Waals surface area (Å²) in [4.78, 5) is 4.28. The van der Waals surface area contributed by atoms with Crippen LogP contribution in [0.5, 0.6) is 5.75 Å². The Labute approximate surface area is 107 Å². The molecule has 1 aromatic carbocycles. The number of hydrogen-bond acceptors (Lipinski definition) is 2. The maximum absolute atomic E-state index is 5.92. The number of fused-ring (bicyclic) bond motifs is 1. The van der Waals surface area contributed by atoms with Gasteiger partial charge in [0.05, 0.1) is 12.1 Å². The molecule has 0 radical (unpaired) electrons. The van der Waals surface area contributed by atoms with E-state index >= 15 is 0 Å². The van der Waals surface area contributed by atoms with Gasteiger partial charge in [0, 0.05) is 5.39 Å². The molecule has 2 rings (SSSR count). The van der Waals surface area contributed by atoms with Crippen molar-refractivity contribution in [2.75, 3.05) is 6.61 Å². The van der Waals surface area contributed by atoms with E-state index in [2.05, 4.69) is 18.8 Å². The molecule has 3 heteroatoms. The van der Waals surface area contributed by atoms with Crippen molar-refractivity contribution in [1.29, 1.82) is 0 Å². The van der Waals surface area contributed by atoms with Gasteiger partial charge < -0.3 is 4.74 Å². The van der Waals surface area contributed by atoms with E-state index in [-0.39, 0.29) is 0 Å². The number of pyridine rings is 1.